The monoisotopic (exact) mass is 208 g/mol. The maximum absolute atomic E-state index is 10.5. The van der Waals surface area contributed by atoms with Gasteiger partial charge in [0.2, 0.25) is 0 Å². The van der Waals surface area contributed by atoms with E-state index < -0.39 is 17.5 Å². The van der Waals surface area contributed by atoms with E-state index in [0.29, 0.717) is 0 Å². The molecule has 1 fully saturated rings. The third kappa shape index (κ3) is 3.61. The van der Waals surface area contributed by atoms with Crippen molar-refractivity contribution in [2.75, 3.05) is 19.8 Å². The van der Waals surface area contributed by atoms with Crippen LogP contribution in [0.15, 0.2) is 0 Å². The Kier molecular flexibility index (Phi) is 4.18. The molecule has 0 spiro atoms. The van der Waals surface area contributed by atoms with E-state index in [9.17, 15) is 9.59 Å². The van der Waals surface area contributed by atoms with Crippen molar-refractivity contribution >= 4 is 12.1 Å². The fourth-order valence-corrected chi connectivity index (χ4v) is 0.643. The Morgan fingerprint density at radius 2 is 2.07 bits per heavy atom. The fraction of sp³-hybridized carbons (Fsp3) is 0.750. The quantitative estimate of drug-likeness (QED) is 0.600. The van der Waals surface area contributed by atoms with Crippen LogP contribution in [-0.2, 0) is 14.3 Å². The highest BCUT2D eigenvalue weighted by Gasteiger charge is 2.40. The van der Waals surface area contributed by atoms with Crippen LogP contribution in [0.25, 0.3) is 0 Å². The molecule has 0 aromatic carbocycles. The van der Waals surface area contributed by atoms with Gasteiger partial charge in [-0.05, 0) is 13.8 Å². The Bertz CT molecular complexity index is 217. The summed E-state index contributed by atoms with van der Waals surface area (Å²) in [4.78, 5) is 20.8. The van der Waals surface area contributed by atoms with Crippen molar-refractivity contribution in [3.05, 3.63) is 0 Å². The lowest BCUT2D eigenvalue weighted by atomic mass is 9.93. The largest absolute Gasteiger partial charge is 0.508 e. The van der Waals surface area contributed by atoms with Gasteiger partial charge in [0.05, 0.1) is 0 Å². The van der Waals surface area contributed by atoms with Crippen LogP contribution in [-0.4, -0.2) is 42.2 Å². The van der Waals surface area contributed by atoms with E-state index in [0.717, 1.165) is 0 Å². The second-order valence-corrected chi connectivity index (χ2v) is 2.92. The molecule has 0 amide bonds. The predicted octanol–water partition coefficient (Wildman–Crippen LogP) is 0.243. The lowest BCUT2D eigenvalue weighted by molar-refractivity contribution is -0.159. The molecular weight excluding hydrogens is 192 g/mol. The number of aliphatic carboxylic acids is 1. The van der Waals surface area contributed by atoms with Crippen molar-refractivity contribution < 1.29 is 30.6 Å². The molecule has 6 nitrogen and oxygen atoms in total. The summed E-state index contributed by atoms with van der Waals surface area (Å²) in [6.07, 6.45) is -0.802. The van der Waals surface area contributed by atoms with Crippen LogP contribution in [0.1, 0.15) is 15.2 Å². The van der Waals surface area contributed by atoms with Crippen molar-refractivity contribution in [2.24, 2.45) is 5.41 Å². The molecule has 82 valence electrons. The average Bonchev–Trinajstić information content (AvgIpc) is 2.23. The number of hydrogen-bond donors (Lipinski definition) is 2. The van der Waals surface area contributed by atoms with E-state index in [1.807, 2.05) is 0 Å². The minimum atomic E-state index is -1.09. The Labute approximate surface area is 82.8 Å². The zero-order valence-electron chi connectivity index (χ0n) is 8.86. The first-order valence-electron chi connectivity index (χ1n) is 4.60. The van der Waals surface area contributed by atoms with Gasteiger partial charge in [0.1, 0.15) is 18.6 Å². The van der Waals surface area contributed by atoms with Gasteiger partial charge in [0.15, 0.2) is 0 Å². The number of rotatable bonds is 1. The van der Waals surface area contributed by atoms with Crippen LogP contribution in [0.5, 0.6) is 0 Å². The summed E-state index contributed by atoms with van der Waals surface area (Å²) in [5.74, 6) is -1.02. The topological polar surface area (TPSA) is 93.1 Å². The highest BCUT2D eigenvalue weighted by molar-refractivity contribution is 5.76. The normalized spacial score (nSPS) is 19.3. The molecule has 1 saturated heterocycles. The van der Waals surface area contributed by atoms with Crippen LogP contribution in [0.4, 0.5) is 4.79 Å². The van der Waals surface area contributed by atoms with Gasteiger partial charge in [0.25, 0.3) is 0 Å². The average molecular weight is 208 g/mol. The first kappa shape index (κ1) is 10.8. The van der Waals surface area contributed by atoms with Crippen LogP contribution >= 0.6 is 0 Å². The number of hydrogen-bond acceptors (Lipinski definition) is 5. The number of carboxylic acids is 1. The molecular formula is C8H14O6. The number of carbonyl (C=O) groups is 2. The molecule has 0 aliphatic carbocycles. The van der Waals surface area contributed by atoms with Gasteiger partial charge in [-0.15, -0.1) is 0 Å². The molecule has 2 N–H and O–H groups in total. The zero-order valence-corrected chi connectivity index (χ0v) is 7.86. The summed E-state index contributed by atoms with van der Waals surface area (Å²) in [6.45, 7) is 1.32. The van der Waals surface area contributed by atoms with Crippen molar-refractivity contribution in [1.82, 2.24) is 0 Å². The smallest absolute Gasteiger partial charge is 0.481 e. The first-order valence-corrected chi connectivity index (χ1v) is 3.89. The van der Waals surface area contributed by atoms with Gasteiger partial charge in [-0.25, -0.2) is 4.79 Å². The van der Waals surface area contributed by atoms with Crippen molar-refractivity contribution in [3.63, 3.8) is 0 Å². The molecule has 0 radical (unpaired) electrons. The SMILES string of the molecule is CC1(C(=O)O)COC(=O)OC1.[3H]CCO. The molecule has 0 aromatic rings. The predicted molar refractivity (Wildman–Crippen MR) is 45.8 cm³/mol. The van der Waals surface area contributed by atoms with Crippen molar-refractivity contribution in [1.29, 1.82) is 0 Å². The fourth-order valence-electron chi connectivity index (χ4n) is 0.643. The van der Waals surface area contributed by atoms with Gasteiger partial charge in [-0.2, -0.15) is 0 Å². The number of aliphatic hydroxyl groups excluding tert-OH is 1. The molecule has 1 heterocycles. The second kappa shape index (κ2) is 5.43. The number of carboxylic acid groups (broad SMARTS) is 1. The molecule has 0 unspecified atom stereocenters. The molecule has 1 aliphatic rings. The number of ether oxygens (including phenoxy) is 2. The Balaban J connectivity index is 0.000000423. The van der Waals surface area contributed by atoms with E-state index in [4.69, 9.17) is 11.6 Å². The lowest BCUT2D eigenvalue weighted by Crippen LogP contribution is -2.42. The van der Waals surface area contributed by atoms with E-state index in [-0.39, 0.29) is 26.7 Å². The van der Waals surface area contributed by atoms with Crippen LogP contribution in [0.2, 0.25) is 0 Å². The first-order chi connectivity index (χ1) is 6.96. The van der Waals surface area contributed by atoms with E-state index in [2.05, 4.69) is 9.47 Å². The summed E-state index contributed by atoms with van der Waals surface area (Å²) in [7, 11) is 0. The van der Waals surface area contributed by atoms with E-state index in [1.54, 1.807) is 0 Å². The summed E-state index contributed by atoms with van der Waals surface area (Å²) >= 11 is 0. The standard InChI is InChI=1S/C6H8O5.C2H6O/c1-6(4(7)8)2-10-5(9)11-3-6;1-2-3/h2-3H2,1H3,(H,7,8);3H,2H2,1H3/i;1T. The highest BCUT2D eigenvalue weighted by atomic mass is 16.7. The zero-order chi connectivity index (χ0) is 11.9. The van der Waals surface area contributed by atoms with Crippen LogP contribution in [0.3, 0.4) is 0 Å². The molecule has 6 heteroatoms. The van der Waals surface area contributed by atoms with Gasteiger partial charge in [-0.3, -0.25) is 4.79 Å². The number of aliphatic hydroxyl groups is 1. The molecule has 0 atom stereocenters. The summed E-state index contributed by atoms with van der Waals surface area (Å²) in [6, 6.07) is 0. The molecule has 1 rings (SSSR count). The van der Waals surface area contributed by atoms with Crippen LogP contribution < -0.4 is 0 Å². The third-order valence-electron chi connectivity index (χ3n) is 1.53. The van der Waals surface area contributed by atoms with Gasteiger partial charge < -0.3 is 19.7 Å². The summed E-state index contributed by atoms with van der Waals surface area (Å²) in [5, 5.41) is 16.3. The second-order valence-electron chi connectivity index (χ2n) is 2.92. The summed E-state index contributed by atoms with van der Waals surface area (Å²) < 4.78 is 15.0. The Morgan fingerprint density at radius 3 is 2.36 bits per heavy atom. The van der Waals surface area contributed by atoms with Crippen molar-refractivity contribution in [3.8, 4) is 0 Å². The molecule has 14 heavy (non-hydrogen) atoms. The number of cyclic esters (lactones) is 2. The van der Waals surface area contributed by atoms with E-state index in [1.165, 1.54) is 6.92 Å². The third-order valence-corrected chi connectivity index (χ3v) is 1.53. The van der Waals surface area contributed by atoms with Crippen LogP contribution in [0, 0.1) is 5.41 Å². The maximum Gasteiger partial charge on any atom is 0.508 e. The van der Waals surface area contributed by atoms with Gasteiger partial charge >= 0.3 is 12.1 Å². The number of carbonyl (C=O) groups excluding carboxylic acids is 1. The van der Waals surface area contributed by atoms with Gasteiger partial charge in [-0.1, -0.05) is 0 Å². The molecule has 1 aliphatic heterocycles. The summed E-state index contributed by atoms with van der Waals surface area (Å²) in [5.41, 5.74) is -1.09. The molecule has 0 bridgehead atoms. The Hall–Kier alpha value is -1.30. The maximum atomic E-state index is 10.5. The lowest BCUT2D eigenvalue weighted by Gasteiger charge is -2.27. The Morgan fingerprint density at radius 1 is 1.64 bits per heavy atom. The highest BCUT2D eigenvalue weighted by Crippen LogP contribution is 2.21. The van der Waals surface area contributed by atoms with Gasteiger partial charge in [0, 0.05) is 7.98 Å². The molecule has 0 saturated carbocycles. The van der Waals surface area contributed by atoms with Crippen molar-refractivity contribution in [2.45, 2.75) is 13.8 Å². The molecule has 0 aromatic heterocycles. The minimum Gasteiger partial charge on any atom is -0.481 e. The van der Waals surface area contributed by atoms with E-state index >= 15 is 0 Å². The minimum absolute atomic E-state index is 0.0139.